The van der Waals surface area contributed by atoms with Gasteiger partial charge in [-0.1, -0.05) is 11.6 Å². The van der Waals surface area contributed by atoms with Crippen LogP contribution in [0.3, 0.4) is 0 Å². The van der Waals surface area contributed by atoms with Gasteiger partial charge in [-0.2, -0.15) is 0 Å². The molecule has 0 bridgehead atoms. The van der Waals surface area contributed by atoms with Crippen LogP contribution in [0.1, 0.15) is 15.9 Å². The molecular weight excluding hydrogens is 222 g/mol. The van der Waals surface area contributed by atoms with Crippen LogP contribution in [-0.4, -0.2) is 42.5 Å². The van der Waals surface area contributed by atoms with E-state index < -0.39 is 0 Å². The molecule has 17 heavy (non-hydrogen) atoms. The molecule has 94 valence electrons. The highest BCUT2D eigenvalue weighted by Crippen LogP contribution is 2.17. The summed E-state index contributed by atoms with van der Waals surface area (Å²) in [7, 11) is 0. The lowest BCUT2D eigenvalue weighted by atomic mass is 10.1. The van der Waals surface area contributed by atoms with E-state index in [1.165, 1.54) is 6.07 Å². The zero-order chi connectivity index (χ0) is 12.7. The average Bonchev–Trinajstić information content (AvgIpc) is 2.32. The predicted octanol–water partition coefficient (Wildman–Crippen LogP) is 0.439. The minimum Gasteiger partial charge on any atom is -0.507 e. The molecule has 0 atom stereocenters. The molecule has 0 unspecified atom stereocenters. The van der Waals surface area contributed by atoms with E-state index in [0.29, 0.717) is 13.2 Å². The summed E-state index contributed by atoms with van der Waals surface area (Å²) in [6, 6.07) is 4.85. The van der Waals surface area contributed by atoms with Crippen molar-refractivity contribution in [1.82, 2.24) is 5.32 Å². The van der Waals surface area contributed by atoms with Crippen LogP contribution in [0.5, 0.6) is 5.75 Å². The van der Waals surface area contributed by atoms with Gasteiger partial charge in [0.1, 0.15) is 5.75 Å². The Morgan fingerprint density at radius 1 is 1.41 bits per heavy atom. The van der Waals surface area contributed by atoms with Crippen LogP contribution in [0.25, 0.3) is 0 Å². The van der Waals surface area contributed by atoms with E-state index in [4.69, 9.17) is 9.84 Å². The summed E-state index contributed by atoms with van der Waals surface area (Å²) >= 11 is 0. The van der Waals surface area contributed by atoms with Gasteiger partial charge in [0.15, 0.2) is 0 Å². The van der Waals surface area contributed by atoms with Crippen molar-refractivity contribution in [3.8, 4) is 5.75 Å². The molecule has 3 N–H and O–H groups in total. The number of aliphatic hydroxyl groups is 1. The highest BCUT2D eigenvalue weighted by atomic mass is 16.5. The Hall–Kier alpha value is -1.59. The molecule has 0 heterocycles. The number of benzene rings is 1. The number of aliphatic hydroxyl groups excluding tert-OH is 1. The van der Waals surface area contributed by atoms with Gasteiger partial charge < -0.3 is 20.3 Å². The molecule has 0 saturated carbocycles. The van der Waals surface area contributed by atoms with Gasteiger partial charge in [-0.15, -0.1) is 0 Å². The van der Waals surface area contributed by atoms with Crippen LogP contribution in [0.2, 0.25) is 0 Å². The number of ether oxygens (including phenoxy) is 1. The van der Waals surface area contributed by atoms with Gasteiger partial charge in [0.25, 0.3) is 5.91 Å². The lowest BCUT2D eigenvalue weighted by Crippen LogP contribution is -2.27. The van der Waals surface area contributed by atoms with E-state index in [9.17, 15) is 9.90 Å². The number of amides is 1. The second-order valence-electron chi connectivity index (χ2n) is 3.61. The van der Waals surface area contributed by atoms with Crippen molar-refractivity contribution in [2.75, 3.05) is 26.4 Å². The number of hydrogen-bond acceptors (Lipinski definition) is 4. The van der Waals surface area contributed by atoms with Crippen molar-refractivity contribution in [3.63, 3.8) is 0 Å². The monoisotopic (exact) mass is 239 g/mol. The molecule has 5 nitrogen and oxygen atoms in total. The number of hydrogen-bond donors (Lipinski definition) is 3. The van der Waals surface area contributed by atoms with Crippen LogP contribution < -0.4 is 5.32 Å². The summed E-state index contributed by atoms with van der Waals surface area (Å²) in [6.07, 6.45) is 0. The SMILES string of the molecule is Cc1ccc(O)c(C(=O)NCCOCCO)c1. The van der Waals surface area contributed by atoms with Crippen LogP contribution in [0.15, 0.2) is 18.2 Å². The predicted molar refractivity (Wildman–Crippen MR) is 63.1 cm³/mol. The van der Waals surface area contributed by atoms with Gasteiger partial charge in [0.05, 0.1) is 25.4 Å². The topological polar surface area (TPSA) is 78.8 Å². The normalized spacial score (nSPS) is 10.2. The van der Waals surface area contributed by atoms with E-state index in [-0.39, 0.29) is 30.4 Å². The molecule has 0 saturated heterocycles. The Balaban J connectivity index is 2.44. The minimum absolute atomic E-state index is 0.0351. The Morgan fingerprint density at radius 3 is 2.88 bits per heavy atom. The zero-order valence-electron chi connectivity index (χ0n) is 9.77. The van der Waals surface area contributed by atoms with Crippen LogP contribution in [0, 0.1) is 6.92 Å². The fourth-order valence-electron chi connectivity index (χ4n) is 1.33. The Kier molecular flexibility index (Phi) is 5.45. The van der Waals surface area contributed by atoms with Gasteiger partial charge in [-0.3, -0.25) is 4.79 Å². The smallest absolute Gasteiger partial charge is 0.255 e. The summed E-state index contributed by atoms with van der Waals surface area (Å²) < 4.78 is 5.00. The van der Waals surface area contributed by atoms with Crippen molar-refractivity contribution in [2.24, 2.45) is 0 Å². The maximum absolute atomic E-state index is 11.7. The Bertz CT molecular complexity index is 379. The largest absolute Gasteiger partial charge is 0.507 e. The van der Waals surface area contributed by atoms with Gasteiger partial charge >= 0.3 is 0 Å². The molecule has 0 aliphatic carbocycles. The number of phenols is 1. The number of aromatic hydroxyl groups is 1. The van der Waals surface area contributed by atoms with E-state index in [1.54, 1.807) is 12.1 Å². The Morgan fingerprint density at radius 2 is 2.18 bits per heavy atom. The second-order valence-corrected chi connectivity index (χ2v) is 3.61. The van der Waals surface area contributed by atoms with Gasteiger partial charge in [-0.25, -0.2) is 0 Å². The molecular formula is C12H17NO4. The van der Waals surface area contributed by atoms with Crippen LogP contribution in [0.4, 0.5) is 0 Å². The van der Waals surface area contributed by atoms with Crippen molar-refractivity contribution in [1.29, 1.82) is 0 Å². The number of nitrogens with one attached hydrogen (secondary N) is 1. The van der Waals surface area contributed by atoms with Gasteiger partial charge in [0, 0.05) is 6.54 Å². The zero-order valence-corrected chi connectivity index (χ0v) is 9.77. The van der Waals surface area contributed by atoms with Crippen LogP contribution in [-0.2, 0) is 4.74 Å². The molecule has 0 aromatic heterocycles. The van der Waals surface area contributed by atoms with Gasteiger partial charge in [0.2, 0.25) is 0 Å². The fraction of sp³-hybridized carbons (Fsp3) is 0.417. The lowest BCUT2D eigenvalue weighted by molar-refractivity contribution is 0.0836. The first-order valence-electron chi connectivity index (χ1n) is 5.41. The summed E-state index contributed by atoms with van der Waals surface area (Å²) in [6.45, 7) is 2.74. The van der Waals surface area contributed by atoms with Crippen molar-refractivity contribution < 1.29 is 19.7 Å². The fourth-order valence-corrected chi connectivity index (χ4v) is 1.33. The maximum Gasteiger partial charge on any atom is 0.255 e. The number of rotatable bonds is 6. The Labute approximate surface area is 100 Å². The van der Waals surface area contributed by atoms with Crippen molar-refractivity contribution in [3.05, 3.63) is 29.3 Å². The molecule has 1 rings (SSSR count). The third-order valence-corrected chi connectivity index (χ3v) is 2.16. The van der Waals surface area contributed by atoms with E-state index in [0.717, 1.165) is 5.56 Å². The number of phenolic OH excluding ortho intramolecular Hbond substituents is 1. The van der Waals surface area contributed by atoms with Gasteiger partial charge in [-0.05, 0) is 19.1 Å². The quantitative estimate of drug-likeness (QED) is 0.629. The third-order valence-electron chi connectivity index (χ3n) is 2.16. The summed E-state index contributed by atoms with van der Waals surface area (Å²) in [5.41, 5.74) is 1.16. The van der Waals surface area contributed by atoms with E-state index >= 15 is 0 Å². The molecule has 0 aliphatic rings. The molecule has 0 aliphatic heterocycles. The number of carbonyl (C=O) groups is 1. The second kappa shape index (κ2) is 6.88. The minimum atomic E-state index is -0.334. The first-order chi connectivity index (χ1) is 8.15. The first kappa shape index (κ1) is 13.5. The summed E-state index contributed by atoms with van der Waals surface area (Å²) in [5, 5.41) is 20.6. The maximum atomic E-state index is 11.7. The number of aryl methyl sites for hydroxylation is 1. The first-order valence-corrected chi connectivity index (χ1v) is 5.41. The molecule has 0 fully saturated rings. The molecule has 1 aromatic carbocycles. The van der Waals surface area contributed by atoms with Crippen molar-refractivity contribution >= 4 is 5.91 Å². The molecule has 0 radical (unpaired) electrons. The molecule has 1 amide bonds. The molecule has 5 heteroatoms. The molecule has 0 spiro atoms. The van der Waals surface area contributed by atoms with Crippen molar-refractivity contribution in [2.45, 2.75) is 6.92 Å². The molecule has 1 aromatic rings. The summed E-state index contributed by atoms with van der Waals surface area (Å²) in [4.78, 5) is 11.7. The van der Waals surface area contributed by atoms with Crippen LogP contribution >= 0.6 is 0 Å². The third kappa shape index (κ3) is 4.42. The van der Waals surface area contributed by atoms with E-state index in [1.807, 2.05) is 6.92 Å². The number of carbonyl (C=O) groups excluding carboxylic acids is 1. The summed E-state index contributed by atoms with van der Waals surface area (Å²) in [5.74, 6) is -0.372. The lowest BCUT2D eigenvalue weighted by Gasteiger charge is -2.07. The highest BCUT2D eigenvalue weighted by Gasteiger charge is 2.10. The van der Waals surface area contributed by atoms with E-state index in [2.05, 4.69) is 5.32 Å². The average molecular weight is 239 g/mol. The highest BCUT2D eigenvalue weighted by molar-refractivity contribution is 5.96. The standard InChI is InChI=1S/C12H17NO4/c1-9-2-3-11(15)10(8-9)12(16)13-4-6-17-7-5-14/h2-3,8,14-15H,4-7H2,1H3,(H,13,16).